The smallest absolute Gasteiger partial charge is 0.409 e. The largest absolute Gasteiger partial charge is 0.450 e. The number of amides is 1. The normalized spacial score (nSPS) is 15.7. The van der Waals surface area contributed by atoms with Gasteiger partial charge in [-0.15, -0.1) is 0 Å². The second-order valence-electron chi connectivity index (χ2n) is 4.51. The van der Waals surface area contributed by atoms with Crippen molar-refractivity contribution in [2.45, 2.75) is 13.8 Å². The number of rotatable bonds is 2. The molecule has 98 valence electrons. The first-order valence-corrected chi connectivity index (χ1v) is 6.44. The monoisotopic (exact) mass is 248 g/mol. The van der Waals surface area contributed by atoms with Crippen LogP contribution in [0.4, 0.5) is 10.5 Å². The molecule has 0 atom stereocenters. The third kappa shape index (κ3) is 2.94. The summed E-state index contributed by atoms with van der Waals surface area (Å²) < 4.78 is 5.01. The molecule has 1 aromatic carbocycles. The number of hydrogen-bond acceptors (Lipinski definition) is 3. The fourth-order valence-electron chi connectivity index (χ4n) is 2.19. The fraction of sp³-hybridized carbons (Fsp3) is 0.500. The van der Waals surface area contributed by atoms with Gasteiger partial charge in [0.05, 0.1) is 6.61 Å². The number of ether oxygens (including phenoxy) is 1. The van der Waals surface area contributed by atoms with Crippen LogP contribution in [0.25, 0.3) is 0 Å². The molecule has 1 aliphatic heterocycles. The lowest BCUT2D eigenvalue weighted by molar-refractivity contribution is 0.105. The highest BCUT2D eigenvalue weighted by Gasteiger charge is 2.21. The Morgan fingerprint density at radius 2 is 2.00 bits per heavy atom. The molecule has 1 heterocycles. The van der Waals surface area contributed by atoms with E-state index in [0.717, 1.165) is 26.2 Å². The number of piperazine rings is 1. The van der Waals surface area contributed by atoms with Gasteiger partial charge in [-0.25, -0.2) is 4.79 Å². The maximum absolute atomic E-state index is 11.6. The van der Waals surface area contributed by atoms with Crippen molar-refractivity contribution in [1.82, 2.24) is 4.90 Å². The van der Waals surface area contributed by atoms with Crippen LogP contribution in [0.1, 0.15) is 12.5 Å². The molecule has 0 bridgehead atoms. The topological polar surface area (TPSA) is 32.8 Å². The maximum Gasteiger partial charge on any atom is 0.409 e. The van der Waals surface area contributed by atoms with Crippen LogP contribution in [-0.4, -0.2) is 43.8 Å². The zero-order valence-electron chi connectivity index (χ0n) is 11.1. The van der Waals surface area contributed by atoms with E-state index in [1.165, 1.54) is 11.3 Å². The molecule has 4 heteroatoms. The van der Waals surface area contributed by atoms with Crippen molar-refractivity contribution in [1.29, 1.82) is 0 Å². The first kappa shape index (κ1) is 12.7. The van der Waals surface area contributed by atoms with E-state index < -0.39 is 0 Å². The van der Waals surface area contributed by atoms with Crippen LogP contribution in [-0.2, 0) is 4.74 Å². The van der Waals surface area contributed by atoms with E-state index in [2.05, 4.69) is 36.1 Å². The van der Waals surface area contributed by atoms with E-state index in [-0.39, 0.29) is 6.09 Å². The van der Waals surface area contributed by atoms with Gasteiger partial charge in [-0.1, -0.05) is 12.1 Å². The molecule has 0 aromatic heterocycles. The van der Waals surface area contributed by atoms with Crippen LogP contribution in [0.3, 0.4) is 0 Å². The zero-order valence-corrected chi connectivity index (χ0v) is 11.1. The second kappa shape index (κ2) is 5.76. The predicted octanol–water partition coefficient (Wildman–Crippen LogP) is 2.27. The average Bonchev–Trinajstić information content (AvgIpc) is 2.39. The summed E-state index contributed by atoms with van der Waals surface area (Å²) in [6, 6.07) is 8.47. The molecule has 1 aromatic rings. The van der Waals surface area contributed by atoms with Gasteiger partial charge in [0.1, 0.15) is 0 Å². The van der Waals surface area contributed by atoms with Gasteiger partial charge in [0.15, 0.2) is 0 Å². The quantitative estimate of drug-likeness (QED) is 0.805. The van der Waals surface area contributed by atoms with Crippen LogP contribution in [0.15, 0.2) is 24.3 Å². The molecule has 2 rings (SSSR count). The molecule has 0 unspecified atom stereocenters. The molecule has 18 heavy (non-hydrogen) atoms. The minimum atomic E-state index is -0.193. The predicted molar refractivity (Wildman–Crippen MR) is 72.0 cm³/mol. The molecule has 1 saturated heterocycles. The lowest BCUT2D eigenvalue weighted by Gasteiger charge is -2.35. The van der Waals surface area contributed by atoms with Crippen molar-refractivity contribution in [3.05, 3.63) is 29.8 Å². The highest BCUT2D eigenvalue weighted by Crippen LogP contribution is 2.17. The van der Waals surface area contributed by atoms with Crippen molar-refractivity contribution in [3.8, 4) is 0 Å². The Morgan fingerprint density at radius 3 is 2.61 bits per heavy atom. The van der Waals surface area contributed by atoms with E-state index in [0.29, 0.717) is 6.61 Å². The first-order valence-electron chi connectivity index (χ1n) is 6.44. The molecular formula is C14H20N2O2. The standard InChI is InChI=1S/C14H20N2O2/c1-3-18-14(17)16-9-7-15(8-10-16)13-6-4-5-12(2)11-13/h4-6,11H,3,7-10H2,1-2H3. The van der Waals surface area contributed by atoms with E-state index in [9.17, 15) is 4.79 Å². The maximum atomic E-state index is 11.6. The average molecular weight is 248 g/mol. The third-order valence-corrected chi connectivity index (χ3v) is 3.17. The molecule has 0 aliphatic carbocycles. The Bertz CT molecular complexity index is 412. The van der Waals surface area contributed by atoms with Gasteiger partial charge < -0.3 is 14.5 Å². The summed E-state index contributed by atoms with van der Waals surface area (Å²) >= 11 is 0. The fourth-order valence-corrected chi connectivity index (χ4v) is 2.19. The number of aryl methyl sites for hydroxylation is 1. The van der Waals surface area contributed by atoms with E-state index >= 15 is 0 Å². The van der Waals surface area contributed by atoms with Crippen molar-refractivity contribution in [3.63, 3.8) is 0 Å². The first-order chi connectivity index (χ1) is 8.70. The number of anilines is 1. The summed E-state index contributed by atoms with van der Waals surface area (Å²) in [7, 11) is 0. The zero-order chi connectivity index (χ0) is 13.0. The molecule has 0 saturated carbocycles. The van der Waals surface area contributed by atoms with E-state index in [1.54, 1.807) is 4.90 Å². The van der Waals surface area contributed by atoms with Gasteiger partial charge in [-0.05, 0) is 31.5 Å². The van der Waals surface area contributed by atoms with Crippen LogP contribution in [0.2, 0.25) is 0 Å². The molecule has 0 radical (unpaired) electrons. The van der Waals surface area contributed by atoms with Gasteiger partial charge in [0.2, 0.25) is 0 Å². The summed E-state index contributed by atoms with van der Waals surface area (Å²) in [5.41, 5.74) is 2.50. The van der Waals surface area contributed by atoms with Crippen LogP contribution in [0.5, 0.6) is 0 Å². The lowest BCUT2D eigenvalue weighted by atomic mass is 10.2. The summed E-state index contributed by atoms with van der Waals surface area (Å²) in [5.74, 6) is 0. The van der Waals surface area contributed by atoms with Gasteiger partial charge in [0.25, 0.3) is 0 Å². The van der Waals surface area contributed by atoms with Crippen molar-refractivity contribution in [2.75, 3.05) is 37.7 Å². The molecule has 4 nitrogen and oxygen atoms in total. The van der Waals surface area contributed by atoms with E-state index in [1.807, 2.05) is 6.92 Å². The highest BCUT2D eigenvalue weighted by atomic mass is 16.6. The minimum Gasteiger partial charge on any atom is -0.450 e. The molecule has 1 aliphatic rings. The van der Waals surface area contributed by atoms with Gasteiger partial charge in [0, 0.05) is 31.9 Å². The minimum absolute atomic E-state index is 0.193. The molecule has 0 N–H and O–H groups in total. The number of hydrogen-bond donors (Lipinski definition) is 0. The number of carbonyl (C=O) groups is 1. The number of carbonyl (C=O) groups excluding carboxylic acids is 1. The van der Waals surface area contributed by atoms with Gasteiger partial charge in [-0.2, -0.15) is 0 Å². The Hall–Kier alpha value is -1.71. The third-order valence-electron chi connectivity index (χ3n) is 3.17. The molecule has 1 fully saturated rings. The Balaban J connectivity index is 1.92. The summed E-state index contributed by atoms with van der Waals surface area (Å²) in [6.07, 6.45) is -0.193. The van der Waals surface area contributed by atoms with Crippen molar-refractivity contribution in [2.24, 2.45) is 0 Å². The molecule has 0 spiro atoms. The number of benzene rings is 1. The van der Waals surface area contributed by atoms with Crippen LogP contribution >= 0.6 is 0 Å². The Labute approximate surface area is 108 Å². The van der Waals surface area contributed by atoms with Crippen LogP contribution in [0, 0.1) is 6.92 Å². The summed E-state index contributed by atoms with van der Waals surface area (Å²) in [4.78, 5) is 15.7. The van der Waals surface area contributed by atoms with Gasteiger partial charge >= 0.3 is 6.09 Å². The van der Waals surface area contributed by atoms with E-state index in [4.69, 9.17) is 4.74 Å². The molecular weight excluding hydrogens is 228 g/mol. The summed E-state index contributed by atoms with van der Waals surface area (Å²) in [5, 5.41) is 0. The Kier molecular flexibility index (Phi) is 4.07. The molecule has 1 amide bonds. The summed E-state index contributed by atoms with van der Waals surface area (Å²) in [6.45, 7) is 7.56. The van der Waals surface area contributed by atoms with Crippen molar-refractivity contribution < 1.29 is 9.53 Å². The highest BCUT2D eigenvalue weighted by molar-refractivity contribution is 5.68. The van der Waals surface area contributed by atoms with Crippen LogP contribution < -0.4 is 4.90 Å². The van der Waals surface area contributed by atoms with Crippen molar-refractivity contribution >= 4 is 11.8 Å². The Morgan fingerprint density at radius 1 is 1.28 bits per heavy atom. The second-order valence-corrected chi connectivity index (χ2v) is 4.51. The number of nitrogens with zero attached hydrogens (tertiary/aromatic N) is 2. The SMILES string of the molecule is CCOC(=O)N1CCN(c2cccc(C)c2)CC1. The lowest BCUT2D eigenvalue weighted by Crippen LogP contribution is -2.49. The van der Waals surface area contributed by atoms with Gasteiger partial charge in [-0.3, -0.25) is 0 Å².